The first-order valence-corrected chi connectivity index (χ1v) is 26.9. The van der Waals surface area contributed by atoms with Gasteiger partial charge in [0, 0.05) is 55.7 Å². The normalized spacial score (nSPS) is 15.8. The number of hydrogen-bond acceptors (Lipinski definition) is 10. The molecule has 0 radical (unpaired) electrons. The van der Waals surface area contributed by atoms with Crippen molar-refractivity contribution in [2.45, 2.75) is 101 Å². The molecule has 9 rings (SSSR count). The van der Waals surface area contributed by atoms with Crippen molar-refractivity contribution in [2.24, 2.45) is 5.92 Å². The maximum atomic E-state index is 13.1. The molecule has 0 saturated carbocycles. The first kappa shape index (κ1) is 48.3. The van der Waals surface area contributed by atoms with Crippen molar-refractivity contribution in [2.75, 3.05) is 24.6 Å². The number of unbranched alkanes of at least 4 members (excludes halogenated alkanes) is 4. The molecule has 2 unspecified atom stereocenters. The van der Waals surface area contributed by atoms with Crippen LogP contribution in [0.25, 0.3) is 43.9 Å². The molecule has 4 heterocycles. The van der Waals surface area contributed by atoms with Crippen molar-refractivity contribution in [1.29, 1.82) is 0 Å². The Hall–Kier alpha value is -6.20. The maximum Gasteiger partial charge on any atom is 0.240 e. The summed E-state index contributed by atoms with van der Waals surface area (Å²) < 4.78 is 61.0. The smallest absolute Gasteiger partial charge is 0.240 e. The average molecular weight is 955 g/mol. The summed E-state index contributed by atoms with van der Waals surface area (Å²) in [5.41, 5.74) is 18.8. The number of allylic oxidation sites excluding steroid dienone is 7. The summed E-state index contributed by atoms with van der Waals surface area (Å²) >= 11 is 0. The van der Waals surface area contributed by atoms with Crippen LogP contribution in [0.4, 0.5) is 11.6 Å². The van der Waals surface area contributed by atoms with Gasteiger partial charge in [-0.05, 0) is 68.4 Å². The van der Waals surface area contributed by atoms with Crippen LogP contribution in [0.1, 0.15) is 76.9 Å². The van der Waals surface area contributed by atoms with Crippen LogP contribution in [0.5, 0.6) is 0 Å². The Labute approximate surface area is 399 Å². The molecular weight excluding hydrogens is 893 g/mol. The van der Waals surface area contributed by atoms with E-state index in [0.29, 0.717) is 24.7 Å². The Balaban J connectivity index is 0.000000185. The van der Waals surface area contributed by atoms with Gasteiger partial charge in [-0.1, -0.05) is 124 Å². The summed E-state index contributed by atoms with van der Waals surface area (Å²) in [4.78, 5) is 19.1. The molecule has 68 heavy (non-hydrogen) atoms. The topological polar surface area (TPSA) is 206 Å². The van der Waals surface area contributed by atoms with Crippen molar-refractivity contribution >= 4 is 75.6 Å². The van der Waals surface area contributed by atoms with Crippen molar-refractivity contribution < 1.29 is 16.8 Å². The number of rotatable bonds is 20. The number of sulfonamides is 2. The Bertz CT molecular complexity index is 3250. The van der Waals surface area contributed by atoms with Gasteiger partial charge >= 0.3 is 0 Å². The summed E-state index contributed by atoms with van der Waals surface area (Å²) in [5.74, 6) is 2.79. The number of nitrogens with two attached hydrogens (primary N) is 2. The van der Waals surface area contributed by atoms with Crippen LogP contribution in [0.2, 0.25) is 0 Å². The van der Waals surface area contributed by atoms with E-state index in [1.807, 2.05) is 72.9 Å². The predicted octanol–water partition coefficient (Wildman–Crippen LogP) is 9.08. The lowest BCUT2D eigenvalue weighted by Gasteiger charge is -2.27. The molecule has 4 aromatic heterocycles. The second-order valence-electron chi connectivity index (χ2n) is 17.3. The van der Waals surface area contributed by atoms with Gasteiger partial charge in [-0.15, -0.1) is 0 Å². The molecule has 0 spiro atoms. The first-order valence-electron chi connectivity index (χ1n) is 23.8. The highest BCUT2D eigenvalue weighted by atomic mass is 32.2. The van der Waals surface area contributed by atoms with Crippen molar-refractivity contribution in [3.8, 4) is 0 Å². The number of para-hydroxylation sites is 2. The fourth-order valence-electron chi connectivity index (χ4n) is 9.06. The molecule has 16 heteroatoms. The SMILES string of the molecule is CCCCc1nc2c(N)nc3ccccc3c2n1CCCCNS(=O)(=O)C1C=CC=C2C=CC=CC21.CCCCc1nc2c(N)nc3ccccc3c2n1CCCCNS(=O)(=O)c1ccccc1. The molecule has 3 aromatic carbocycles. The van der Waals surface area contributed by atoms with Gasteiger partial charge in [-0.3, -0.25) is 0 Å². The number of pyridine rings is 2. The van der Waals surface area contributed by atoms with Crippen LogP contribution >= 0.6 is 0 Å². The zero-order valence-corrected chi connectivity index (χ0v) is 40.5. The molecule has 0 fully saturated rings. The van der Waals surface area contributed by atoms with Crippen LogP contribution in [-0.4, -0.2) is 64.2 Å². The maximum absolute atomic E-state index is 13.1. The molecule has 0 saturated heterocycles. The molecule has 0 amide bonds. The molecule has 356 valence electrons. The van der Waals surface area contributed by atoms with E-state index in [-0.39, 0.29) is 10.8 Å². The molecule has 2 aliphatic carbocycles. The number of aromatic nitrogens is 6. The van der Waals surface area contributed by atoms with E-state index in [1.54, 1.807) is 36.4 Å². The number of hydrogen-bond donors (Lipinski definition) is 4. The van der Waals surface area contributed by atoms with Gasteiger partial charge in [0.25, 0.3) is 0 Å². The van der Waals surface area contributed by atoms with E-state index in [1.165, 1.54) is 0 Å². The van der Waals surface area contributed by atoms with Gasteiger partial charge in [0.2, 0.25) is 20.0 Å². The third kappa shape index (κ3) is 10.7. The number of nitrogens with zero attached hydrogens (tertiary/aromatic N) is 6. The number of nitrogens with one attached hydrogen (secondary N) is 2. The Morgan fingerprint density at radius 2 is 1.12 bits per heavy atom. The van der Waals surface area contributed by atoms with Crippen LogP contribution in [-0.2, 0) is 46.0 Å². The number of imidazole rings is 2. The summed E-state index contributed by atoms with van der Waals surface area (Å²) in [7, 11) is -6.96. The second kappa shape index (κ2) is 21.8. The molecule has 6 N–H and O–H groups in total. The van der Waals surface area contributed by atoms with E-state index in [0.717, 1.165) is 138 Å². The number of nitrogen functional groups attached to an aromatic ring is 2. The Morgan fingerprint density at radius 3 is 1.68 bits per heavy atom. The third-order valence-corrected chi connectivity index (χ3v) is 15.8. The minimum Gasteiger partial charge on any atom is -0.382 e. The van der Waals surface area contributed by atoms with E-state index in [2.05, 4.69) is 54.5 Å². The van der Waals surface area contributed by atoms with E-state index in [4.69, 9.17) is 21.4 Å². The fourth-order valence-corrected chi connectivity index (χ4v) is 11.7. The number of fused-ring (bicyclic) bond motifs is 7. The summed E-state index contributed by atoms with van der Waals surface area (Å²) in [6.07, 6.45) is 22.5. The van der Waals surface area contributed by atoms with E-state index < -0.39 is 25.3 Å². The Morgan fingerprint density at radius 1 is 0.588 bits per heavy atom. The highest BCUT2D eigenvalue weighted by molar-refractivity contribution is 7.90. The fraction of sp³-hybridized carbons (Fsp3) is 0.346. The molecular formula is C52H62N10O4S2. The van der Waals surface area contributed by atoms with Gasteiger partial charge in [-0.25, -0.2) is 46.2 Å². The highest BCUT2D eigenvalue weighted by Gasteiger charge is 2.33. The van der Waals surface area contributed by atoms with Crippen molar-refractivity contribution in [1.82, 2.24) is 38.5 Å². The monoisotopic (exact) mass is 954 g/mol. The summed E-state index contributed by atoms with van der Waals surface area (Å²) in [6, 6.07) is 24.4. The van der Waals surface area contributed by atoms with Crippen LogP contribution in [0.3, 0.4) is 0 Å². The molecule has 2 atom stereocenters. The number of aryl methyl sites for hydroxylation is 4. The van der Waals surface area contributed by atoms with Crippen LogP contribution in [0, 0.1) is 5.92 Å². The predicted molar refractivity (Wildman–Crippen MR) is 276 cm³/mol. The standard InChI is InChI=1S/C28H33N5O2S.C24H29N5O2S/c1-2-3-17-25-32-26-27(22-14-6-7-15-23(22)31-28(26)29)33(25)19-9-8-18-30-36(34,35)24-16-10-12-20-11-4-5-13-21(20)24;1-2-3-15-21-28-22-23(19-13-7-8-14-20(19)27-24(22)25)29(21)17-10-9-16-26-32(30,31)18-11-5-4-6-12-18/h4-7,10-16,21,24,30H,2-3,8-9,17-19H2,1H3,(H2,29,31);4-8,11-14,26H,2-3,9-10,15-17H2,1H3,(H2,25,27). The largest absolute Gasteiger partial charge is 0.382 e. The Kier molecular flexibility index (Phi) is 15.5. The minimum atomic E-state index is -3.48. The van der Waals surface area contributed by atoms with Crippen molar-refractivity contribution in [3.05, 3.63) is 139 Å². The van der Waals surface area contributed by atoms with E-state index >= 15 is 0 Å². The lowest BCUT2D eigenvalue weighted by Crippen LogP contribution is -2.39. The van der Waals surface area contributed by atoms with Gasteiger partial charge in [0.05, 0.1) is 27.0 Å². The third-order valence-electron chi connectivity index (χ3n) is 12.6. The second-order valence-corrected chi connectivity index (χ2v) is 21.0. The highest BCUT2D eigenvalue weighted by Crippen LogP contribution is 2.33. The van der Waals surface area contributed by atoms with Gasteiger partial charge < -0.3 is 20.6 Å². The average Bonchev–Trinajstić information content (AvgIpc) is 3.92. The van der Waals surface area contributed by atoms with Crippen LogP contribution in [0.15, 0.2) is 132 Å². The van der Waals surface area contributed by atoms with Gasteiger partial charge in [0.15, 0.2) is 11.6 Å². The van der Waals surface area contributed by atoms with E-state index in [9.17, 15) is 16.8 Å². The molecule has 14 nitrogen and oxygen atoms in total. The molecule has 0 aliphatic heterocycles. The van der Waals surface area contributed by atoms with Gasteiger partial charge in [-0.2, -0.15) is 0 Å². The van der Waals surface area contributed by atoms with Crippen LogP contribution < -0.4 is 20.9 Å². The zero-order valence-electron chi connectivity index (χ0n) is 38.9. The summed E-state index contributed by atoms with van der Waals surface area (Å²) in [5, 5.41) is 1.50. The molecule has 0 bridgehead atoms. The minimum absolute atomic E-state index is 0.136. The molecule has 2 aliphatic rings. The quantitative estimate of drug-likeness (QED) is 0.0533. The molecule has 7 aromatic rings. The van der Waals surface area contributed by atoms with Crippen molar-refractivity contribution in [3.63, 3.8) is 0 Å². The van der Waals surface area contributed by atoms with Gasteiger partial charge in [0.1, 0.15) is 27.9 Å². The first-order chi connectivity index (χ1) is 33.0. The zero-order chi connectivity index (χ0) is 47.7. The lowest BCUT2D eigenvalue weighted by atomic mass is 9.88. The number of anilines is 2. The summed E-state index contributed by atoms with van der Waals surface area (Å²) in [6.45, 7) is 6.62. The lowest BCUT2D eigenvalue weighted by molar-refractivity contribution is 0.548. The number of benzene rings is 3.